The fourth-order valence-corrected chi connectivity index (χ4v) is 1.93. The number of hydrogen-bond acceptors (Lipinski definition) is 4. The Bertz CT molecular complexity index is 884. The van der Waals surface area contributed by atoms with Crippen molar-refractivity contribution in [3.63, 3.8) is 0 Å². The van der Waals surface area contributed by atoms with Crippen LogP contribution in [0.25, 0.3) is 11.1 Å². The molecular formula is C15H11FN2O4. The Kier molecular flexibility index (Phi) is 3.61. The van der Waals surface area contributed by atoms with Gasteiger partial charge in [0.25, 0.3) is 5.91 Å². The lowest BCUT2D eigenvalue weighted by Crippen LogP contribution is -2.20. The highest BCUT2D eigenvalue weighted by atomic mass is 19.1. The summed E-state index contributed by atoms with van der Waals surface area (Å²) < 4.78 is 23.3. The van der Waals surface area contributed by atoms with Gasteiger partial charge in [0.1, 0.15) is 0 Å². The Morgan fingerprint density at radius 2 is 2.09 bits per heavy atom. The summed E-state index contributed by atoms with van der Waals surface area (Å²) in [7, 11) is 0. The molecule has 0 radical (unpaired) electrons. The zero-order valence-corrected chi connectivity index (χ0v) is 11.3. The molecule has 0 spiro atoms. The molecule has 0 atom stereocenters. The molecule has 3 rings (SSSR count). The lowest BCUT2D eigenvalue weighted by molar-refractivity contribution is -0.118. The van der Waals surface area contributed by atoms with Gasteiger partial charge in [-0.05, 0) is 24.3 Å². The fourth-order valence-electron chi connectivity index (χ4n) is 1.93. The van der Waals surface area contributed by atoms with Crippen molar-refractivity contribution in [1.29, 1.82) is 0 Å². The Labute approximate surface area is 123 Å². The number of oxazole rings is 1. The molecule has 0 saturated heterocycles. The van der Waals surface area contributed by atoms with E-state index in [0.717, 1.165) is 0 Å². The Balaban J connectivity index is 1.65. The third kappa shape index (κ3) is 2.98. The molecule has 0 bridgehead atoms. The number of benzene rings is 2. The van der Waals surface area contributed by atoms with Gasteiger partial charge in [-0.15, -0.1) is 0 Å². The van der Waals surface area contributed by atoms with Gasteiger partial charge < -0.3 is 14.5 Å². The van der Waals surface area contributed by atoms with Gasteiger partial charge in [0.15, 0.2) is 23.8 Å². The smallest absolute Gasteiger partial charge is 0.417 e. The number of amides is 1. The number of halogens is 1. The monoisotopic (exact) mass is 302 g/mol. The summed E-state index contributed by atoms with van der Waals surface area (Å²) in [6, 6.07) is 10.5. The molecule has 0 unspecified atom stereocenters. The van der Waals surface area contributed by atoms with Crippen molar-refractivity contribution in [1.82, 2.24) is 4.98 Å². The van der Waals surface area contributed by atoms with E-state index >= 15 is 0 Å². The van der Waals surface area contributed by atoms with Crippen LogP contribution in [-0.4, -0.2) is 17.5 Å². The maximum Gasteiger partial charge on any atom is 0.417 e. The third-order valence-corrected chi connectivity index (χ3v) is 2.90. The van der Waals surface area contributed by atoms with Crippen LogP contribution in [-0.2, 0) is 4.79 Å². The second-order valence-corrected chi connectivity index (χ2v) is 4.49. The minimum absolute atomic E-state index is 0.00438. The van der Waals surface area contributed by atoms with E-state index in [1.807, 2.05) is 0 Å². The molecule has 22 heavy (non-hydrogen) atoms. The van der Waals surface area contributed by atoms with E-state index < -0.39 is 17.5 Å². The summed E-state index contributed by atoms with van der Waals surface area (Å²) in [5.41, 5.74) is 1.31. The van der Waals surface area contributed by atoms with Crippen LogP contribution < -0.4 is 15.8 Å². The number of rotatable bonds is 4. The van der Waals surface area contributed by atoms with Gasteiger partial charge in [0.05, 0.1) is 5.52 Å². The molecule has 2 aromatic carbocycles. The molecule has 7 heteroatoms. The van der Waals surface area contributed by atoms with E-state index in [0.29, 0.717) is 16.8 Å². The van der Waals surface area contributed by atoms with Crippen LogP contribution in [0, 0.1) is 5.82 Å². The van der Waals surface area contributed by atoms with Gasteiger partial charge in [0.2, 0.25) is 0 Å². The van der Waals surface area contributed by atoms with Crippen molar-refractivity contribution in [2.75, 3.05) is 11.9 Å². The number of hydrogen-bond donors (Lipinski definition) is 2. The summed E-state index contributed by atoms with van der Waals surface area (Å²) in [6.45, 7) is -0.337. The predicted molar refractivity (Wildman–Crippen MR) is 77.4 cm³/mol. The Morgan fingerprint density at radius 1 is 1.27 bits per heavy atom. The number of carbonyl (C=O) groups excluding carboxylic acids is 1. The maximum atomic E-state index is 13.3. The molecule has 0 aliphatic carbocycles. The molecule has 0 saturated carbocycles. The van der Waals surface area contributed by atoms with Crippen LogP contribution in [0.1, 0.15) is 0 Å². The van der Waals surface area contributed by atoms with Crippen molar-refractivity contribution < 1.29 is 18.3 Å². The molecular weight excluding hydrogens is 291 g/mol. The van der Waals surface area contributed by atoms with Crippen LogP contribution in [0.15, 0.2) is 51.7 Å². The van der Waals surface area contributed by atoms with Crippen molar-refractivity contribution >= 4 is 22.7 Å². The van der Waals surface area contributed by atoms with Crippen molar-refractivity contribution in [3.05, 3.63) is 58.8 Å². The number of nitrogens with one attached hydrogen (secondary N) is 2. The Hall–Kier alpha value is -3.09. The number of para-hydroxylation sites is 1. The number of aromatic amines is 1. The zero-order chi connectivity index (χ0) is 15.5. The quantitative estimate of drug-likeness (QED) is 0.774. The number of carbonyl (C=O) groups is 1. The highest BCUT2D eigenvalue weighted by Crippen LogP contribution is 2.17. The van der Waals surface area contributed by atoms with E-state index in [1.165, 1.54) is 24.3 Å². The fraction of sp³-hybridized carbons (Fsp3) is 0.0667. The standard InChI is InChI=1S/C15H11FN2O4/c16-10-3-1-2-4-12(10)21-8-14(19)17-9-5-6-11-13(7-9)22-15(20)18-11/h1-7H,8H2,(H,17,19)(H,18,20). The van der Waals surface area contributed by atoms with Gasteiger partial charge in [-0.3, -0.25) is 9.78 Å². The summed E-state index contributed by atoms with van der Waals surface area (Å²) in [4.78, 5) is 25.3. The van der Waals surface area contributed by atoms with Crippen LogP contribution in [0.2, 0.25) is 0 Å². The molecule has 0 fully saturated rings. The number of anilines is 1. The van der Waals surface area contributed by atoms with Crippen molar-refractivity contribution in [2.24, 2.45) is 0 Å². The maximum absolute atomic E-state index is 13.3. The van der Waals surface area contributed by atoms with Gasteiger partial charge in [-0.25, -0.2) is 9.18 Å². The normalized spacial score (nSPS) is 10.6. The summed E-state index contributed by atoms with van der Waals surface area (Å²) >= 11 is 0. The van der Waals surface area contributed by atoms with Crippen molar-refractivity contribution in [2.45, 2.75) is 0 Å². The van der Waals surface area contributed by atoms with Crippen LogP contribution in [0.3, 0.4) is 0 Å². The first kappa shape index (κ1) is 13.9. The predicted octanol–water partition coefficient (Wildman–Crippen LogP) is 2.28. The summed E-state index contributed by atoms with van der Waals surface area (Å²) in [5, 5.41) is 2.57. The number of H-pyrrole nitrogens is 1. The summed E-state index contributed by atoms with van der Waals surface area (Å²) in [5.74, 6) is -1.56. The van der Waals surface area contributed by atoms with E-state index in [4.69, 9.17) is 9.15 Å². The number of aromatic nitrogens is 1. The average molecular weight is 302 g/mol. The van der Waals surface area contributed by atoms with E-state index in [2.05, 4.69) is 10.3 Å². The Morgan fingerprint density at radius 3 is 2.91 bits per heavy atom. The molecule has 2 N–H and O–H groups in total. The highest BCUT2D eigenvalue weighted by molar-refractivity contribution is 5.93. The molecule has 0 aliphatic heterocycles. The van der Waals surface area contributed by atoms with Crippen LogP contribution in [0.4, 0.5) is 10.1 Å². The lowest BCUT2D eigenvalue weighted by Gasteiger charge is -2.08. The minimum Gasteiger partial charge on any atom is -0.481 e. The number of fused-ring (bicyclic) bond motifs is 1. The molecule has 3 aromatic rings. The van der Waals surface area contributed by atoms with E-state index in [1.54, 1.807) is 18.2 Å². The zero-order valence-electron chi connectivity index (χ0n) is 11.3. The van der Waals surface area contributed by atoms with Gasteiger partial charge in [-0.2, -0.15) is 0 Å². The first-order chi connectivity index (χ1) is 10.6. The topological polar surface area (TPSA) is 84.3 Å². The number of ether oxygens (including phenoxy) is 1. The third-order valence-electron chi connectivity index (χ3n) is 2.90. The average Bonchev–Trinajstić information content (AvgIpc) is 2.86. The minimum atomic E-state index is -0.568. The van der Waals surface area contributed by atoms with Crippen molar-refractivity contribution in [3.8, 4) is 5.75 Å². The lowest BCUT2D eigenvalue weighted by atomic mass is 10.3. The largest absolute Gasteiger partial charge is 0.481 e. The van der Waals surface area contributed by atoms with Crippen LogP contribution in [0.5, 0.6) is 5.75 Å². The first-order valence-corrected chi connectivity index (χ1v) is 6.42. The summed E-state index contributed by atoms with van der Waals surface area (Å²) in [6.07, 6.45) is 0. The van der Waals surface area contributed by atoms with E-state index in [-0.39, 0.29) is 12.4 Å². The van der Waals surface area contributed by atoms with Gasteiger partial charge in [-0.1, -0.05) is 12.1 Å². The van der Waals surface area contributed by atoms with Gasteiger partial charge >= 0.3 is 5.76 Å². The molecule has 112 valence electrons. The molecule has 1 amide bonds. The van der Waals surface area contributed by atoms with E-state index in [9.17, 15) is 14.0 Å². The van der Waals surface area contributed by atoms with Gasteiger partial charge in [0, 0.05) is 11.8 Å². The highest BCUT2D eigenvalue weighted by Gasteiger charge is 2.08. The first-order valence-electron chi connectivity index (χ1n) is 6.42. The second kappa shape index (κ2) is 5.72. The molecule has 1 heterocycles. The SMILES string of the molecule is O=C(COc1ccccc1F)Nc1ccc2[nH]c(=O)oc2c1. The van der Waals surface area contributed by atoms with Crippen LogP contribution >= 0.6 is 0 Å². The molecule has 0 aliphatic rings. The second-order valence-electron chi connectivity index (χ2n) is 4.49. The molecule has 1 aromatic heterocycles. The molecule has 6 nitrogen and oxygen atoms in total.